The summed E-state index contributed by atoms with van der Waals surface area (Å²) in [5.41, 5.74) is 5.46. The SMILES string of the molecule is COC(CN)CC(=O)NCCCN1CCCC1.Cl.Cl. The number of halogens is 2. The lowest BCUT2D eigenvalue weighted by molar-refractivity contribution is -0.123. The summed E-state index contributed by atoms with van der Waals surface area (Å²) in [6.07, 6.45) is 3.85. The van der Waals surface area contributed by atoms with Gasteiger partial charge in [-0.25, -0.2) is 0 Å². The van der Waals surface area contributed by atoms with Crippen LogP contribution in [0.5, 0.6) is 0 Å². The molecule has 0 radical (unpaired) electrons. The van der Waals surface area contributed by atoms with Crippen LogP contribution >= 0.6 is 24.8 Å². The first kappa shape index (κ1) is 21.2. The number of methoxy groups -OCH3 is 1. The molecule has 1 saturated heterocycles. The molecule has 1 unspecified atom stereocenters. The van der Waals surface area contributed by atoms with Gasteiger partial charge in [-0.15, -0.1) is 24.8 Å². The van der Waals surface area contributed by atoms with Crippen LogP contribution in [-0.2, 0) is 9.53 Å². The molecular weight excluding hydrogens is 289 g/mol. The van der Waals surface area contributed by atoms with Gasteiger partial charge in [0.1, 0.15) is 0 Å². The van der Waals surface area contributed by atoms with Crippen LogP contribution in [0.25, 0.3) is 0 Å². The normalized spacial score (nSPS) is 16.3. The summed E-state index contributed by atoms with van der Waals surface area (Å²) in [5.74, 6) is 0.0312. The predicted molar refractivity (Wildman–Crippen MR) is 82.3 cm³/mol. The van der Waals surface area contributed by atoms with E-state index in [-0.39, 0.29) is 36.8 Å². The second-order valence-electron chi connectivity index (χ2n) is 4.55. The summed E-state index contributed by atoms with van der Waals surface area (Å²) in [4.78, 5) is 14.0. The largest absolute Gasteiger partial charge is 0.380 e. The summed E-state index contributed by atoms with van der Waals surface area (Å²) in [5, 5.41) is 2.90. The van der Waals surface area contributed by atoms with Crippen LogP contribution < -0.4 is 11.1 Å². The maximum absolute atomic E-state index is 11.5. The van der Waals surface area contributed by atoms with Gasteiger partial charge < -0.3 is 20.7 Å². The summed E-state index contributed by atoms with van der Waals surface area (Å²) in [6, 6.07) is 0. The van der Waals surface area contributed by atoms with E-state index in [9.17, 15) is 4.79 Å². The van der Waals surface area contributed by atoms with Crippen molar-refractivity contribution in [1.29, 1.82) is 0 Å². The number of carbonyl (C=O) groups is 1. The topological polar surface area (TPSA) is 67.6 Å². The van der Waals surface area contributed by atoms with E-state index in [0.717, 1.165) is 19.5 Å². The summed E-state index contributed by atoms with van der Waals surface area (Å²) in [7, 11) is 1.58. The molecule has 0 aliphatic carbocycles. The molecule has 1 fully saturated rings. The van der Waals surface area contributed by atoms with Gasteiger partial charge in [0.2, 0.25) is 5.91 Å². The molecule has 1 heterocycles. The number of hydrogen-bond acceptors (Lipinski definition) is 4. The minimum absolute atomic E-state index is 0. The number of carbonyl (C=O) groups excluding carboxylic acids is 1. The molecule has 0 aromatic carbocycles. The Morgan fingerprint density at radius 3 is 2.53 bits per heavy atom. The molecule has 0 saturated carbocycles. The van der Waals surface area contributed by atoms with Crippen LogP contribution in [0.2, 0.25) is 0 Å². The minimum atomic E-state index is -0.159. The number of likely N-dealkylation sites (tertiary alicyclic amines) is 1. The zero-order chi connectivity index (χ0) is 12.5. The third-order valence-electron chi connectivity index (χ3n) is 3.18. The Morgan fingerprint density at radius 2 is 2.00 bits per heavy atom. The van der Waals surface area contributed by atoms with Gasteiger partial charge in [-0.1, -0.05) is 0 Å². The fraction of sp³-hybridized carbons (Fsp3) is 0.917. The number of hydrogen-bond donors (Lipinski definition) is 2. The van der Waals surface area contributed by atoms with Crippen molar-refractivity contribution in [2.75, 3.05) is 39.8 Å². The second-order valence-corrected chi connectivity index (χ2v) is 4.55. The fourth-order valence-electron chi connectivity index (χ4n) is 2.08. The first-order valence-electron chi connectivity index (χ1n) is 6.48. The van der Waals surface area contributed by atoms with E-state index in [1.165, 1.54) is 25.9 Å². The van der Waals surface area contributed by atoms with Crippen molar-refractivity contribution in [3.63, 3.8) is 0 Å². The van der Waals surface area contributed by atoms with E-state index in [1.807, 2.05) is 0 Å². The fourth-order valence-corrected chi connectivity index (χ4v) is 2.08. The number of nitrogens with one attached hydrogen (secondary N) is 1. The van der Waals surface area contributed by atoms with Gasteiger partial charge in [0, 0.05) is 20.2 Å². The minimum Gasteiger partial charge on any atom is -0.380 e. The number of rotatable bonds is 8. The van der Waals surface area contributed by atoms with Crippen LogP contribution in [0.15, 0.2) is 0 Å². The highest BCUT2D eigenvalue weighted by Gasteiger charge is 2.12. The van der Waals surface area contributed by atoms with Crippen molar-refractivity contribution in [3.05, 3.63) is 0 Å². The maximum atomic E-state index is 11.5. The Hall–Kier alpha value is -0.0700. The molecule has 5 nitrogen and oxygen atoms in total. The monoisotopic (exact) mass is 315 g/mol. The van der Waals surface area contributed by atoms with E-state index >= 15 is 0 Å². The van der Waals surface area contributed by atoms with Crippen molar-refractivity contribution in [2.24, 2.45) is 5.73 Å². The van der Waals surface area contributed by atoms with Gasteiger partial charge in [-0.2, -0.15) is 0 Å². The Balaban J connectivity index is 0. The number of nitrogens with two attached hydrogens (primary N) is 1. The molecule has 7 heteroatoms. The van der Waals surface area contributed by atoms with E-state index < -0.39 is 0 Å². The third kappa shape index (κ3) is 9.46. The van der Waals surface area contributed by atoms with Crippen LogP contribution in [-0.4, -0.2) is 56.7 Å². The van der Waals surface area contributed by atoms with Crippen molar-refractivity contribution in [2.45, 2.75) is 31.8 Å². The van der Waals surface area contributed by atoms with Crippen LogP contribution in [0.1, 0.15) is 25.7 Å². The molecule has 1 aliphatic heterocycles. The molecule has 1 aliphatic rings. The first-order valence-corrected chi connectivity index (χ1v) is 6.48. The van der Waals surface area contributed by atoms with Crippen LogP contribution in [0.3, 0.4) is 0 Å². The Labute approximate surface area is 128 Å². The van der Waals surface area contributed by atoms with Crippen molar-refractivity contribution < 1.29 is 9.53 Å². The molecule has 116 valence electrons. The second kappa shape index (κ2) is 12.9. The molecular formula is C12H27Cl2N3O2. The van der Waals surface area contributed by atoms with Crippen LogP contribution in [0, 0.1) is 0 Å². The average molecular weight is 316 g/mol. The molecule has 1 rings (SSSR count). The molecule has 1 atom stereocenters. The van der Waals surface area contributed by atoms with Crippen molar-refractivity contribution in [3.8, 4) is 0 Å². The predicted octanol–water partition coefficient (Wildman–Crippen LogP) is 0.796. The van der Waals surface area contributed by atoms with Gasteiger partial charge in [-0.3, -0.25) is 4.79 Å². The lowest BCUT2D eigenvalue weighted by Crippen LogP contribution is -2.33. The smallest absolute Gasteiger partial charge is 0.222 e. The highest BCUT2D eigenvalue weighted by atomic mass is 35.5. The van der Waals surface area contributed by atoms with E-state index in [1.54, 1.807) is 7.11 Å². The van der Waals surface area contributed by atoms with Gasteiger partial charge in [-0.05, 0) is 38.9 Å². The summed E-state index contributed by atoms with van der Waals surface area (Å²) >= 11 is 0. The van der Waals surface area contributed by atoms with Crippen LogP contribution in [0.4, 0.5) is 0 Å². The Kier molecular flexibility index (Phi) is 14.5. The molecule has 0 aromatic rings. The van der Waals surface area contributed by atoms with Gasteiger partial charge in [0.25, 0.3) is 0 Å². The number of amides is 1. The zero-order valence-corrected chi connectivity index (χ0v) is 13.2. The quantitative estimate of drug-likeness (QED) is 0.650. The molecule has 3 N–H and O–H groups in total. The Bertz CT molecular complexity index is 223. The Morgan fingerprint density at radius 1 is 1.37 bits per heavy atom. The van der Waals surface area contributed by atoms with Crippen molar-refractivity contribution in [1.82, 2.24) is 10.2 Å². The number of ether oxygens (including phenoxy) is 1. The average Bonchev–Trinajstić information content (AvgIpc) is 2.84. The molecule has 0 spiro atoms. The van der Waals surface area contributed by atoms with E-state index in [4.69, 9.17) is 10.5 Å². The van der Waals surface area contributed by atoms with E-state index in [0.29, 0.717) is 13.0 Å². The van der Waals surface area contributed by atoms with Gasteiger partial charge >= 0.3 is 0 Å². The summed E-state index contributed by atoms with van der Waals surface area (Å²) in [6.45, 7) is 4.65. The van der Waals surface area contributed by atoms with Gasteiger partial charge in [0.05, 0.1) is 12.5 Å². The molecule has 0 aromatic heterocycles. The third-order valence-corrected chi connectivity index (χ3v) is 3.18. The lowest BCUT2D eigenvalue weighted by atomic mass is 10.2. The molecule has 19 heavy (non-hydrogen) atoms. The van der Waals surface area contributed by atoms with Crippen molar-refractivity contribution >= 4 is 30.7 Å². The van der Waals surface area contributed by atoms with Gasteiger partial charge in [0.15, 0.2) is 0 Å². The highest BCUT2D eigenvalue weighted by molar-refractivity contribution is 5.85. The lowest BCUT2D eigenvalue weighted by Gasteiger charge is -2.15. The summed E-state index contributed by atoms with van der Waals surface area (Å²) < 4.78 is 5.06. The first-order chi connectivity index (χ1) is 8.26. The standard InChI is InChI=1S/C12H25N3O2.2ClH/c1-17-11(10-13)9-12(16)14-5-4-8-15-6-2-3-7-15;;/h11H,2-10,13H2,1H3,(H,14,16);2*1H. The molecule has 0 bridgehead atoms. The van der Waals surface area contributed by atoms with E-state index in [2.05, 4.69) is 10.2 Å². The highest BCUT2D eigenvalue weighted by Crippen LogP contribution is 2.06. The zero-order valence-electron chi connectivity index (χ0n) is 11.6. The number of nitrogens with zero attached hydrogens (tertiary/aromatic N) is 1. The molecule has 1 amide bonds. The maximum Gasteiger partial charge on any atom is 0.222 e.